The number of amidine groups is 1. The summed E-state index contributed by atoms with van der Waals surface area (Å²) in [5, 5.41) is 12.0. The summed E-state index contributed by atoms with van der Waals surface area (Å²) in [4.78, 5) is 17.6. The zero-order chi connectivity index (χ0) is 16.4. The Morgan fingerprint density at radius 3 is 2.73 bits per heavy atom. The Morgan fingerprint density at radius 1 is 1.45 bits per heavy atom. The maximum absolute atomic E-state index is 11.0. The second-order valence-corrected chi connectivity index (χ2v) is 6.94. The smallest absolute Gasteiger partial charge is 0.272 e. The van der Waals surface area contributed by atoms with Crippen LogP contribution in [0.15, 0.2) is 17.1 Å². The molecule has 22 heavy (non-hydrogen) atoms. The van der Waals surface area contributed by atoms with Crippen LogP contribution in [0.25, 0.3) is 0 Å². The summed E-state index contributed by atoms with van der Waals surface area (Å²) in [5.74, 6) is 1.68. The van der Waals surface area contributed by atoms with Crippen LogP contribution in [0.4, 0.5) is 11.4 Å². The number of aryl methyl sites for hydroxylation is 2. The molecule has 2 unspecified atom stereocenters. The van der Waals surface area contributed by atoms with E-state index in [1.807, 2.05) is 13.0 Å². The Balaban J connectivity index is 2.31. The van der Waals surface area contributed by atoms with Gasteiger partial charge in [0.15, 0.2) is 5.17 Å². The van der Waals surface area contributed by atoms with E-state index < -0.39 is 0 Å². The zero-order valence-corrected chi connectivity index (χ0v) is 14.6. The Labute approximate surface area is 136 Å². The average molecular weight is 321 g/mol. The molecule has 0 aliphatic carbocycles. The number of aliphatic imine (C=N–C) groups is 1. The normalized spacial score (nSPS) is 21.4. The Bertz CT molecular complexity index is 616. The second kappa shape index (κ2) is 6.69. The highest BCUT2D eigenvalue weighted by atomic mass is 32.2. The molecule has 1 aromatic carbocycles. The van der Waals surface area contributed by atoms with Gasteiger partial charge in [-0.1, -0.05) is 32.0 Å². The molecular weight excluding hydrogens is 298 g/mol. The van der Waals surface area contributed by atoms with Gasteiger partial charge in [-0.05, 0) is 31.4 Å². The third kappa shape index (κ3) is 3.27. The molecule has 0 radical (unpaired) electrons. The molecule has 1 aromatic rings. The molecule has 1 aliphatic heterocycles. The number of benzene rings is 1. The number of rotatable bonds is 4. The molecule has 0 amide bonds. The van der Waals surface area contributed by atoms with Gasteiger partial charge < -0.3 is 4.90 Å². The van der Waals surface area contributed by atoms with Gasteiger partial charge in [0.1, 0.15) is 0 Å². The van der Waals surface area contributed by atoms with E-state index in [1.54, 1.807) is 24.8 Å². The molecule has 1 fully saturated rings. The first-order chi connectivity index (χ1) is 10.3. The Hall–Kier alpha value is -1.56. The topological polar surface area (TPSA) is 58.7 Å². The number of nitrogens with zero attached hydrogens (tertiary/aromatic N) is 3. The van der Waals surface area contributed by atoms with Crippen molar-refractivity contribution in [2.24, 2.45) is 10.9 Å². The monoisotopic (exact) mass is 321 g/mol. The van der Waals surface area contributed by atoms with Crippen LogP contribution in [-0.4, -0.2) is 33.8 Å². The van der Waals surface area contributed by atoms with Gasteiger partial charge in [-0.2, -0.15) is 0 Å². The van der Waals surface area contributed by atoms with Crippen molar-refractivity contribution in [2.45, 2.75) is 40.2 Å². The lowest BCUT2D eigenvalue weighted by molar-refractivity contribution is -0.385. The highest BCUT2D eigenvalue weighted by molar-refractivity contribution is 8.14. The molecule has 120 valence electrons. The summed E-state index contributed by atoms with van der Waals surface area (Å²) < 4.78 is 0. The third-order valence-electron chi connectivity index (χ3n) is 4.41. The Kier molecular flexibility index (Phi) is 5.11. The largest absolute Gasteiger partial charge is 0.350 e. The maximum Gasteiger partial charge on any atom is 0.272 e. The van der Waals surface area contributed by atoms with Crippen LogP contribution >= 0.6 is 11.8 Å². The minimum Gasteiger partial charge on any atom is -0.350 e. The van der Waals surface area contributed by atoms with Gasteiger partial charge in [-0.15, -0.1) is 0 Å². The predicted molar refractivity (Wildman–Crippen MR) is 93.1 cm³/mol. The molecule has 1 aliphatic rings. The summed E-state index contributed by atoms with van der Waals surface area (Å²) in [6, 6.07) is 3.93. The first-order valence-corrected chi connectivity index (χ1v) is 8.53. The molecule has 0 aromatic heterocycles. The van der Waals surface area contributed by atoms with Gasteiger partial charge in [0.05, 0.1) is 10.6 Å². The van der Waals surface area contributed by atoms with Gasteiger partial charge in [-0.3, -0.25) is 10.1 Å². The van der Waals surface area contributed by atoms with Crippen LogP contribution in [0.1, 0.15) is 31.4 Å². The average Bonchev–Trinajstić information content (AvgIpc) is 2.82. The Morgan fingerprint density at radius 2 is 2.14 bits per heavy atom. The van der Waals surface area contributed by atoms with Gasteiger partial charge >= 0.3 is 0 Å². The quantitative estimate of drug-likeness (QED) is 0.613. The molecule has 1 saturated heterocycles. The minimum absolute atomic E-state index is 0.159. The molecule has 6 heteroatoms. The SMILES string of the molecule is CCC(C)C1CSC(=Nc2cc(C)c([N+](=O)[O-])cc2C)N1C. The summed E-state index contributed by atoms with van der Waals surface area (Å²) in [6.07, 6.45) is 1.15. The van der Waals surface area contributed by atoms with E-state index in [9.17, 15) is 10.1 Å². The lowest BCUT2D eigenvalue weighted by atomic mass is 10.0. The molecule has 2 atom stereocenters. The zero-order valence-electron chi connectivity index (χ0n) is 13.8. The highest BCUT2D eigenvalue weighted by Crippen LogP contribution is 2.33. The van der Waals surface area contributed by atoms with Crippen molar-refractivity contribution in [1.82, 2.24) is 4.90 Å². The van der Waals surface area contributed by atoms with Crippen molar-refractivity contribution < 1.29 is 4.92 Å². The summed E-state index contributed by atoms with van der Waals surface area (Å²) in [5.41, 5.74) is 2.47. The fourth-order valence-corrected chi connectivity index (χ4v) is 4.02. The van der Waals surface area contributed by atoms with Crippen molar-refractivity contribution >= 4 is 28.3 Å². The number of thioether (sulfide) groups is 1. The third-order valence-corrected chi connectivity index (χ3v) is 5.56. The van der Waals surface area contributed by atoms with Gasteiger partial charge in [-0.25, -0.2) is 4.99 Å². The standard InChI is InChI=1S/C16H23N3O2S/c1-6-10(2)15-9-22-16(18(15)5)17-13-7-12(4)14(19(20)21)8-11(13)3/h7-8,10,15H,6,9H2,1-5H3. The lowest BCUT2D eigenvalue weighted by Crippen LogP contribution is -2.34. The van der Waals surface area contributed by atoms with E-state index in [2.05, 4.69) is 25.8 Å². The van der Waals surface area contributed by atoms with Crippen molar-refractivity contribution in [2.75, 3.05) is 12.8 Å². The molecule has 0 spiro atoms. The number of nitro groups is 1. The van der Waals surface area contributed by atoms with Crippen LogP contribution in [0.3, 0.4) is 0 Å². The fourth-order valence-electron chi connectivity index (χ4n) is 2.65. The molecule has 0 bridgehead atoms. The van der Waals surface area contributed by atoms with E-state index in [4.69, 9.17) is 4.99 Å². The molecule has 1 heterocycles. The van der Waals surface area contributed by atoms with Crippen molar-refractivity contribution in [1.29, 1.82) is 0 Å². The van der Waals surface area contributed by atoms with Crippen LogP contribution in [0, 0.1) is 29.9 Å². The first-order valence-electron chi connectivity index (χ1n) is 7.55. The van der Waals surface area contributed by atoms with Gasteiger partial charge in [0, 0.05) is 30.5 Å². The number of nitro benzene ring substituents is 1. The van der Waals surface area contributed by atoms with E-state index in [0.717, 1.165) is 28.6 Å². The van der Waals surface area contributed by atoms with Gasteiger partial charge in [0.2, 0.25) is 0 Å². The van der Waals surface area contributed by atoms with Crippen LogP contribution in [0.2, 0.25) is 0 Å². The fraction of sp³-hybridized carbons (Fsp3) is 0.562. The van der Waals surface area contributed by atoms with E-state index >= 15 is 0 Å². The van der Waals surface area contributed by atoms with E-state index in [1.165, 1.54) is 0 Å². The highest BCUT2D eigenvalue weighted by Gasteiger charge is 2.30. The first kappa shape index (κ1) is 16.8. The molecule has 0 N–H and O–H groups in total. The van der Waals surface area contributed by atoms with Crippen LogP contribution in [-0.2, 0) is 0 Å². The number of hydrogen-bond acceptors (Lipinski definition) is 4. The van der Waals surface area contributed by atoms with Crippen molar-refractivity contribution in [3.05, 3.63) is 33.4 Å². The molecule has 0 saturated carbocycles. The van der Waals surface area contributed by atoms with Crippen molar-refractivity contribution in [3.63, 3.8) is 0 Å². The summed E-state index contributed by atoms with van der Waals surface area (Å²) >= 11 is 1.76. The molecule has 5 nitrogen and oxygen atoms in total. The summed E-state index contributed by atoms with van der Waals surface area (Å²) in [7, 11) is 2.09. The van der Waals surface area contributed by atoms with Crippen LogP contribution < -0.4 is 0 Å². The van der Waals surface area contributed by atoms with Crippen molar-refractivity contribution in [3.8, 4) is 0 Å². The molecule has 2 rings (SSSR count). The molecular formula is C16H23N3O2S. The van der Waals surface area contributed by atoms with E-state index in [0.29, 0.717) is 17.5 Å². The number of hydrogen-bond donors (Lipinski definition) is 0. The predicted octanol–water partition coefficient (Wildman–Crippen LogP) is 4.29. The van der Waals surface area contributed by atoms with Crippen LogP contribution in [0.5, 0.6) is 0 Å². The maximum atomic E-state index is 11.0. The lowest BCUT2D eigenvalue weighted by Gasteiger charge is -2.25. The van der Waals surface area contributed by atoms with Gasteiger partial charge in [0.25, 0.3) is 5.69 Å². The second-order valence-electron chi connectivity index (χ2n) is 5.95. The summed E-state index contributed by atoms with van der Waals surface area (Å²) in [6.45, 7) is 8.11. The van der Waals surface area contributed by atoms with E-state index in [-0.39, 0.29) is 10.6 Å². The minimum atomic E-state index is -0.339.